The van der Waals surface area contributed by atoms with Crippen LogP contribution >= 0.6 is 11.6 Å². The van der Waals surface area contributed by atoms with Crippen LogP contribution in [-0.4, -0.2) is 53.4 Å². The monoisotopic (exact) mass is 1120 g/mol. The first kappa shape index (κ1) is 57.0. The molecule has 0 saturated carbocycles. The van der Waals surface area contributed by atoms with Crippen molar-refractivity contribution >= 4 is 85.8 Å². The molecule has 0 aliphatic rings. The molecule has 418 valence electrons. The molecule has 4 heterocycles. The van der Waals surface area contributed by atoms with Gasteiger partial charge in [0.1, 0.15) is 53.9 Å². The second-order valence-corrected chi connectivity index (χ2v) is 22.0. The zero-order valence-corrected chi connectivity index (χ0v) is 47.7. The van der Waals surface area contributed by atoms with E-state index < -0.39 is 6.03 Å². The van der Waals surface area contributed by atoms with Crippen LogP contribution < -0.4 is 41.8 Å². The van der Waals surface area contributed by atoms with Crippen molar-refractivity contribution in [3.63, 3.8) is 0 Å². The van der Waals surface area contributed by atoms with Crippen molar-refractivity contribution in [2.75, 3.05) is 38.2 Å². The number of aryl methyl sites for hydroxylation is 2. The van der Waals surface area contributed by atoms with Crippen LogP contribution in [0.1, 0.15) is 75.2 Å². The summed E-state index contributed by atoms with van der Waals surface area (Å²) in [5, 5.41) is 27.6. The van der Waals surface area contributed by atoms with E-state index in [0.717, 1.165) is 66.6 Å². The summed E-state index contributed by atoms with van der Waals surface area (Å²) in [6.07, 6.45) is 3.26. The largest absolute Gasteiger partial charge is 0.488 e. The van der Waals surface area contributed by atoms with Gasteiger partial charge >= 0.3 is 12.1 Å². The number of anilines is 6. The van der Waals surface area contributed by atoms with E-state index in [2.05, 4.69) is 78.1 Å². The Morgan fingerprint density at radius 3 is 1.37 bits per heavy atom. The first-order valence-electron chi connectivity index (χ1n) is 26.6. The van der Waals surface area contributed by atoms with E-state index in [1.807, 2.05) is 159 Å². The summed E-state index contributed by atoms with van der Waals surface area (Å²) in [5.41, 5.74) is 14.2. The molecule has 18 heteroatoms. The number of aromatic nitrogens is 6. The molecule has 0 fully saturated rings. The topological polar surface area (TPSA) is 217 Å². The first-order valence-corrected chi connectivity index (χ1v) is 27.1. The van der Waals surface area contributed by atoms with Crippen molar-refractivity contribution < 1.29 is 23.9 Å². The number of nitrogens with two attached hydrogens (primary N) is 1. The average Bonchev–Trinajstić information content (AvgIpc) is 4.12. The van der Waals surface area contributed by atoms with Crippen molar-refractivity contribution in [1.29, 1.82) is 0 Å². The summed E-state index contributed by atoms with van der Waals surface area (Å²) in [4.78, 5) is 46.3. The van der Waals surface area contributed by atoms with Gasteiger partial charge in [-0.15, -0.1) is 11.6 Å². The Balaban J connectivity index is 0.000000198. The molecular weight excluding hydrogens is 1050 g/mol. The molecule has 5 amide bonds. The Morgan fingerprint density at radius 2 is 0.939 bits per heavy atom. The molecule has 0 atom stereocenters. The highest BCUT2D eigenvalue weighted by molar-refractivity contribution is 6.29. The third-order valence-electron chi connectivity index (χ3n) is 13.1. The molecule has 0 unspecified atom stereocenters. The average molecular weight is 1120 g/mol. The minimum absolute atomic E-state index is 0.152. The minimum Gasteiger partial charge on any atom is -0.488 e. The van der Waals surface area contributed by atoms with E-state index in [4.69, 9.17) is 37.0 Å². The highest BCUT2D eigenvalue weighted by Gasteiger charge is 2.24. The van der Waals surface area contributed by atoms with Crippen LogP contribution in [-0.2, 0) is 28.8 Å². The van der Waals surface area contributed by atoms with Crippen LogP contribution in [0.5, 0.6) is 11.5 Å². The van der Waals surface area contributed by atoms with Crippen LogP contribution in [0.2, 0.25) is 0 Å². The van der Waals surface area contributed by atoms with Gasteiger partial charge in [0.05, 0.1) is 34.1 Å². The Morgan fingerprint density at radius 1 is 0.512 bits per heavy atom. The fourth-order valence-electron chi connectivity index (χ4n) is 8.71. The second kappa shape index (κ2) is 24.7. The first-order chi connectivity index (χ1) is 39.3. The molecule has 0 spiro atoms. The third-order valence-corrected chi connectivity index (χ3v) is 13.4. The Kier molecular flexibility index (Phi) is 17.2. The number of fused-ring (bicyclic) bond motifs is 2. The summed E-state index contributed by atoms with van der Waals surface area (Å²) in [6, 6.07) is 49.1. The van der Waals surface area contributed by atoms with Crippen LogP contribution in [0.3, 0.4) is 0 Å². The van der Waals surface area contributed by atoms with Gasteiger partial charge in [0, 0.05) is 56.9 Å². The van der Waals surface area contributed by atoms with Gasteiger partial charge in [-0.25, -0.2) is 28.9 Å². The van der Waals surface area contributed by atoms with Crippen molar-refractivity contribution in [1.82, 2.24) is 29.5 Å². The predicted molar refractivity (Wildman–Crippen MR) is 328 cm³/mol. The molecule has 10 aromatic rings. The summed E-state index contributed by atoms with van der Waals surface area (Å²) >= 11 is 5.58. The number of nitrogen functional groups attached to an aromatic ring is 1. The van der Waals surface area contributed by atoms with Gasteiger partial charge in [0.25, 0.3) is 0 Å². The van der Waals surface area contributed by atoms with E-state index in [0.29, 0.717) is 52.8 Å². The number of halogens is 1. The van der Waals surface area contributed by atoms with Gasteiger partial charge in [-0.1, -0.05) is 125 Å². The Hall–Kier alpha value is -9.74. The number of carbonyl (C=O) groups excluding carboxylic acids is 3. The highest BCUT2D eigenvalue weighted by Crippen LogP contribution is 2.35. The molecule has 0 aliphatic carbocycles. The molecule has 0 saturated heterocycles. The molecule has 0 bridgehead atoms. The number of carbonyl (C=O) groups is 3. The van der Waals surface area contributed by atoms with E-state index in [1.54, 1.807) is 33.9 Å². The normalized spacial score (nSPS) is 11.3. The number of benzene rings is 6. The van der Waals surface area contributed by atoms with Crippen molar-refractivity contribution in [3.05, 3.63) is 204 Å². The van der Waals surface area contributed by atoms with Crippen LogP contribution in [0.25, 0.3) is 32.9 Å². The molecule has 6 aromatic carbocycles. The van der Waals surface area contributed by atoms with Gasteiger partial charge in [-0.2, -0.15) is 10.2 Å². The lowest BCUT2D eigenvalue weighted by atomic mass is 9.92. The lowest BCUT2D eigenvalue weighted by molar-refractivity contribution is -0.114. The standard InChI is InChI=1S/C33H33ClN6O3.C31H32N6O2/c1-21-9-11-23(12-10-21)40-30(18-28(39-40)33(2,3)4)38-32(42)36-26-13-14-27(25-8-6-5-7-24(25)26)43-20-22-15-16-35-29(17-22)37-31(41)19-34;1-20-9-11-22(12-10-20)37-29(18-27(36-37)31(2,3)4)35-30(38)34-25-13-14-26(24-8-6-5-7-23(24)25)39-19-21-15-16-33-28(32)17-21/h5-18H,19-20H2,1-4H3,(H,35,37,41)(H2,36,38,42);5-18H,19H2,1-4H3,(H2,32,33)(H2,34,35,38). The van der Waals surface area contributed by atoms with Crippen LogP contribution in [0.15, 0.2) is 170 Å². The number of pyridine rings is 2. The molecule has 0 radical (unpaired) electrons. The van der Waals surface area contributed by atoms with E-state index >= 15 is 0 Å². The number of nitrogens with one attached hydrogen (secondary N) is 5. The Bertz CT molecular complexity index is 3920. The maximum atomic E-state index is 13.3. The number of nitrogens with zero attached hydrogens (tertiary/aromatic N) is 6. The summed E-state index contributed by atoms with van der Waals surface area (Å²) in [7, 11) is 0. The van der Waals surface area contributed by atoms with E-state index in [1.165, 1.54) is 0 Å². The number of alkyl halides is 1. The second-order valence-electron chi connectivity index (χ2n) is 21.7. The van der Waals surface area contributed by atoms with Crippen LogP contribution in [0, 0.1) is 13.8 Å². The van der Waals surface area contributed by atoms with Gasteiger partial charge in [-0.3, -0.25) is 15.4 Å². The molecule has 10 rings (SSSR count). The highest BCUT2D eigenvalue weighted by atomic mass is 35.5. The molecule has 17 nitrogen and oxygen atoms in total. The quantitative estimate of drug-likeness (QED) is 0.0566. The van der Waals surface area contributed by atoms with E-state index in [9.17, 15) is 14.4 Å². The SMILES string of the molecule is Cc1ccc(-n2nc(C(C)(C)C)cc2NC(=O)Nc2ccc(OCc3ccnc(N)c3)c3ccccc23)cc1.Cc1ccc(-n2nc(C(C)(C)C)cc2NC(=O)Nc2ccc(OCc3ccnc(NC(=O)CCl)c3)c3ccccc23)cc1. The zero-order valence-electron chi connectivity index (χ0n) is 47.0. The Labute approximate surface area is 481 Å². The molecule has 82 heavy (non-hydrogen) atoms. The van der Waals surface area contributed by atoms with Gasteiger partial charge in [0.2, 0.25) is 5.91 Å². The third kappa shape index (κ3) is 14.2. The van der Waals surface area contributed by atoms with Crippen molar-refractivity contribution in [2.45, 2.75) is 79.4 Å². The predicted octanol–water partition coefficient (Wildman–Crippen LogP) is 14.3. The smallest absolute Gasteiger partial charge is 0.324 e. The van der Waals surface area contributed by atoms with Crippen molar-refractivity contribution in [3.8, 4) is 22.9 Å². The summed E-state index contributed by atoms with van der Waals surface area (Å²) in [6.45, 7) is 17.2. The molecule has 7 N–H and O–H groups in total. The van der Waals surface area contributed by atoms with Gasteiger partial charge < -0.3 is 31.2 Å². The molecular formula is C64H65ClN12O5. The number of urea groups is 2. The maximum absolute atomic E-state index is 13.3. The summed E-state index contributed by atoms with van der Waals surface area (Å²) in [5.74, 6) is 2.87. The van der Waals surface area contributed by atoms with Gasteiger partial charge in [0.15, 0.2) is 0 Å². The fraction of sp³-hybridized carbons (Fsp3) is 0.203. The lowest BCUT2D eigenvalue weighted by Crippen LogP contribution is -2.21. The van der Waals surface area contributed by atoms with Crippen molar-refractivity contribution in [2.24, 2.45) is 0 Å². The number of ether oxygens (including phenoxy) is 2. The number of hydrogen-bond acceptors (Lipinski definition) is 10. The number of rotatable bonds is 14. The number of hydrogen-bond donors (Lipinski definition) is 6. The maximum Gasteiger partial charge on any atom is 0.324 e. The van der Waals surface area contributed by atoms with E-state index in [-0.39, 0.29) is 35.3 Å². The fourth-order valence-corrected chi connectivity index (χ4v) is 8.77. The van der Waals surface area contributed by atoms with Crippen LogP contribution in [0.4, 0.5) is 44.2 Å². The number of amides is 5. The zero-order chi connectivity index (χ0) is 58.1. The lowest BCUT2D eigenvalue weighted by Gasteiger charge is -2.15. The molecule has 0 aliphatic heterocycles. The molecule has 4 aromatic heterocycles. The summed E-state index contributed by atoms with van der Waals surface area (Å²) < 4.78 is 15.8. The minimum atomic E-state index is -0.393. The van der Waals surface area contributed by atoms with Gasteiger partial charge in [-0.05, 0) is 97.8 Å².